The van der Waals surface area contributed by atoms with Crippen LogP contribution in [0.5, 0.6) is 0 Å². The van der Waals surface area contributed by atoms with E-state index in [0.717, 1.165) is 6.61 Å². The molecule has 0 radical (unpaired) electrons. The lowest BCUT2D eigenvalue weighted by Crippen LogP contribution is -2.53. The first-order valence-electron chi connectivity index (χ1n) is 6.37. The van der Waals surface area contributed by atoms with E-state index in [1.54, 1.807) is 0 Å². The molecule has 2 aliphatic rings. The number of allylic oxidation sites excluding steroid dienone is 1. The molecule has 0 unspecified atom stereocenters. The molecule has 3 heteroatoms. The first-order chi connectivity index (χ1) is 7.97. The Morgan fingerprint density at radius 1 is 1.59 bits per heavy atom. The molecule has 0 N–H and O–H groups in total. The Kier molecular flexibility index (Phi) is 3.30. The van der Waals surface area contributed by atoms with Gasteiger partial charge in [-0.1, -0.05) is 25.5 Å². The third-order valence-electron chi connectivity index (χ3n) is 4.73. The van der Waals surface area contributed by atoms with E-state index < -0.39 is 0 Å². The Balaban J connectivity index is 2.26. The number of hydrogen-bond donors (Lipinski definition) is 0. The molecule has 1 aliphatic heterocycles. The van der Waals surface area contributed by atoms with E-state index in [-0.39, 0.29) is 11.4 Å². The van der Waals surface area contributed by atoms with Crippen molar-refractivity contribution < 1.29 is 14.3 Å². The van der Waals surface area contributed by atoms with Gasteiger partial charge in [0.05, 0.1) is 19.8 Å². The number of rotatable bonds is 2. The summed E-state index contributed by atoms with van der Waals surface area (Å²) < 4.78 is 11.0. The van der Waals surface area contributed by atoms with Gasteiger partial charge in [0.25, 0.3) is 0 Å². The molecular weight excluding hydrogens is 216 g/mol. The van der Waals surface area contributed by atoms with Crippen LogP contribution in [0.25, 0.3) is 0 Å². The third kappa shape index (κ3) is 2.01. The molecule has 1 fully saturated rings. The average Bonchev–Trinajstić information content (AvgIpc) is 2.25. The van der Waals surface area contributed by atoms with Crippen LogP contribution in [0.4, 0.5) is 0 Å². The molecule has 4 atom stereocenters. The van der Waals surface area contributed by atoms with E-state index in [1.807, 2.05) is 0 Å². The lowest BCUT2D eigenvalue weighted by Gasteiger charge is -2.52. The zero-order chi connectivity index (χ0) is 12.6. The van der Waals surface area contributed by atoms with Crippen molar-refractivity contribution in [2.75, 3.05) is 19.8 Å². The molecule has 3 nitrogen and oxygen atoms in total. The van der Waals surface area contributed by atoms with E-state index in [9.17, 15) is 4.79 Å². The van der Waals surface area contributed by atoms with Crippen LogP contribution in [-0.2, 0) is 14.3 Å². The van der Waals surface area contributed by atoms with Crippen molar-refractivity contribution in [3.63, 3.8) is 0 Å². The van der Waals surface area contributed by atoms with Crippen LogP contribution in [0.1, 0.15) is 27.7 Å². The van der Waals surface area contributed by atoms with Crippen LogP contribution in [-0.4, -0.2) is 25.8 Å². The van der Waals surface area contributed by atoms with Gasteiger partial charge in [0.2, 0.25) is 0 Å². The Morgan fingerprint density at radius 2 is 2.29 bits per heavy atom. The van der Waals surface area contributed by atoms with E-state index in [2.05, 4.69) is 26.8 Å². The predicted molar refractivity (Wildman–Crippen MR) is 65.5 cm³/mol. The van der Waals surface area contributed by atoms with Crippen molar-refractivity contribution in [3.05, 3.63) is 11.6 Å². The number of carbonyl (C=O) groups excluding carboxylic acids is 1. The fourth-order valence-corrected chi connectivity index (χ4v) is 3.35. The van der Waals surface area contributed by atoms with Gasteiger partial charge in [-0.25, -0.2) is 0 Å². The molecule has 96 valence electrons. The average molecular weight is 238 g/mol. The van der Waals surface area contributed by atoms with E-state index in [1.165, 1.54) is 12.5 Å². The van der Waals surface area contributed by atoms with Crippen LogP contribution < -0.4 is 0 Å². The highest BCUT2D eigenvalue weighted by Crippen LogP contribution is 2.50. The van der Waals surface area contributed by atoms with Gasteiger partial charge in [0.1, 0.15) is 0 Å². The van der Waals surface area contributed by atoms with Crippen LogP contribution in [0, 0.1) is 23.2 Å². The molecule has 2 rings (SSSR count). The summed E-state index contributed by atoms with van der Waals surface area (Å²) in [6, 6.07) is 0. The van der Waals surface area contributed by atoms with Crippen molar-refractivity contribution in [1.82, 2.24) is 0 Å². The van der Waals surface area contributed by atoms with Crippen molar-refractivity contribution in [2.24, 2.45) is 23.2 Å². The van der Waals surface area contributed by atoms with Crippen molar-refractivity contribution in [3.8, 4) is 0 Å². The topological polar surface area (TPSA) is 35.5 Å². The summed E-state index contributed by atoms with van der Waals surface area (Å²) in [5, 5.41) is 0. The van der Waals surface area contributed by atoms with Gasteiger partial charge in [-0.2, -0.15) is 0 Å². The second-order valence-electron chi connectivity index (χ2n) is 5.62. The summed E-state index contributed by atoms with van der Waals surface area (Å²) in [4.78, 5) is 11.0. The number of fused-ring (bicyclic) bond motifs is 2. The van der Waals surface area contributed by atoms with Crippen molar-refractivity contribution in [1.29, 1.82) is 0 Å². The lowest BCUT2D eigenvalue weighted by atomic mass is 9.58. The van der Waals surface area contributed by atoms with Gasteiger partial charge >= 0.3 is 5.97 Å². The Labute approximate surface area is 103 Å². The van der Waals surface area contributed by atoms with Gasteiger partial charge in [0.15, 0.2) is 0 Å². The minimum atomic E-state index is -0.202. The first-order valence-corrected chi connectivity index (χ1v) is 6.37. The molecule has 0 aromatic heterocycles. The van der Waals surface area contributed by atoms with Gasteiger partial charge in [-0.3, -0.25) is 4.79 Å². The molecule has 0 aromatic rings. The number of hydrogen-bond acceptors (Lipinski definition) is 3. The molecule has 0 aromatic carbocycles. The molecule has 2 bridgehead atoms. The molecule has 0 saturated carbocycles. The third-order valence-corrected chi connectivity index (χ3v) is 4.73. The second kappa shape index (κ2) is 4.45. The number of esters is 1. The molecule has 17 heavy (non-hydrogen) atoms. The molecular formula is C14H22O3. The van der Waals surface area contributed by atoms with E-state index >= 15 is 0 Å². The van der Waals surface area contributed by atoms with Gasteiger partial charge in [-0.05, 0) is 18.8 Å². The minimum absolute atomic E-state index is 0.0336. The largest absolute Gasteiger partial charge is 0.465 e. The Bertz CT molecular complexity index is 347. The highest BCUT2D eigenvalue weighted by Gasteiger charge is 2.50. The summed E-state index contributed by atoms with van der Waals surface area (Å²) >= 11 is 0. The maximum atomic E-state index is 11.0. The fraction of sp³-hybridized carbons (Fsp3) is 0.786. The lowest BCUT2D eigenvalue weighted by molar-refractivity contribution is -0.162. The quantitative estimate of drug-likeness (QED) is 0.547. The normalized spacial score (nSPS) is 40.7. The SMILES string of the molecule is CC(=O)OC[C@]12COC[C@H](C(C)=C[C@@H]1C)[C@H]2C. The van der Waals surface area contributed by atoms with Crippen LogP contribution in [0.2, 0.25) is 0 Å². The number of carbonyl (C=O) groups is 1. The van der Waals surface area contributed by atoms with E-state index in [0.29, 0.717) is 31.0 Å². The molecule has 1 saturated heterocycles. The summed E-state index contributed by atoms with van der Waals surface area (Å²) in [7, 11) is 0. The molecule has 0 amide bonds. The smallest absolute Gasteiger partial charge is 0.302 e. The van der Waals surface area contributed by atoms with Crippen molar-refractivity contribution in [2.45, 2.75) is 27.7 Å². The van der Waals surface area contributed by atoms with Gasteiger partial charge < -0.3 is 9.47 Å². The standard InChI is InChI=1S/C14H22O3/c1-9-5-10(2)14(8-17-12(4)15)7-16-6-13(9)11(14)3/h5,10-11,13H,6-8H2,1-4H3/t10-,11+,13+,14+/m0/s1. The summed E-state index contributed by atoms with van der Waals surface area (Å²) in [5.41, 5.74) is 1.39. The monoisotopic (exact) mass is 238 g/mol. The van der Waals surface area contributed by atoms with Gasteiger partial charge in [-0.15, -0.1) is 0 Å². The summed E-state index contributed by atoms with van der Waals surface area (Å²) in [5.74, 6) is 1.19. The van der Waals surface area contributed by atoms with Crippen LogP contribution in [0.15, 0.2) is 11.6 Å². The molecule has 1 aliphatic carbocycles. The highest BCUT2D eigenvalue weighted by molar-refractivity contribution is 5.65. The van der Waals surface area contributed by atoms with Crippen LogP contribution >= 0.6 is 0 Å². The maximum Gasteiger partial charge on any atom is 0.302 e. The second-order valence-corrected chi connectivity index (χ2v) is 5.62. The maximum absolute atomic E-state index is 11.0. The first kappa shape index (κ1) is 12.6. The zero-order valence-electron chi connectivity index (χ0n) is 11.2. The van der Waals surface area contributed by atoms with Crippen LogP contribution in [0.3, 0.4) is 0 Å². The minimum Gasteiger partial charge on any atom is -0.465 e. The van der Waals surface area contributed by atoms with Crippen molar-refractivity contribution >= 4 is 5.97 Å². The summed E-state index contributed by atoms with van der Waals surface area (Å²) in [6.45, 7) is 10.1. The number of ether oxygens (including phenoxy) is 2. The predicted octanol–water partition coefficient (Wildman–Crippen LogP) is 2.41. The molecule has 1 heterocycles. The van der Waals surface area contributed by atoms with E-state index in [4.69, 9.17) is 9.47 Å². The zero-order valence-corrected chi connectivity index (χ0v) is 11.2. The van der Waals surface area contributed by atoms with Gasteiger partial charge in [0, 0.05) is 18.3 Å². The Hall–Kier alpha value is -0.830. The fourth-order valence-electron chi connectivity index (χ4n) is 3.35. The Morgan fingerprint density at radius 3 is 2.94 bits per heavy atom. The highest BCUT2D eigenvalue weighted by atomic mass is 16.5. The summed E-state index contributed by atoms with van der Waals surface area (Å²) in [6.07, 6.45) is 2.33. The molecule has 0 spiro atoms.